The van der Waals surface area contributed by atoms with Crippen LogP contribution in [0.1, 0.15) is 0 Å². The van der Waals surface area contributed by atoms with Crippen molar-refractivity contribution in [1.82, 2.24) is 0 Å². The van der Waals surface area contributed by atoms with Crippen molar-refractivity contribution in [2.24, 2.45) is 0 Å². The van der Waals surface area contributed by atoms with Gasteiger partial charge in [0.25, 0.3) is 0 Å². The zero-order chi connectivity index (χ0) is 0. The quantitative estimate of drug-likeness (QED) is 0.372. The van der Waals surface area contributed by atoms with Gasteiger partial charge in [-0.05, 0) is 0 Å². The zero-order valence-corrected chi connectivity index (χ0v) is 6.45. The molecule has 0 aromatic rings. The van der Waals surface area contributed by atoms with Crippen LogP contribution in [-0.2, 0) is 0 Å². The predicted octanol–water partition coefficient (Wildman–Crippen LogP) is -1.19. The minimum absolute atomic E-state index is 0. The topological polar surface area (TPSA) is 63.0 Å². The van der Waals surface area contributed by atoms with Gasteiger partial charge in [-0.2, -0.15) is 0 Å². The molecule has 0 saturated carbocycles. The summed E-state index contributed by atoms with van der Waals surface area (Å²) in [5.41, 5.74) is 0. The van der Waals surface area contributed by atoms with Crippen LogP contribution in [0.5, 0.6) is 0 Å². The van der Waals surface area contributed by atoms with E-state index in [1.807, 2.05) is 0 Å². The van der Waals surface area contributed by atoms with Crippen molar-refractivity contribution in [3.05, 3.63) is 0 Å². The predicted molar refractivity (Wildman–Crippen MR) is 27.5 cm³/mol. The summed E-state index contributed by atoms with van der Waals surface area (Å²) < 4.78 is 0. The minimum Gasteiger partial charge on any atom is -0.412 e. The van der Waals surface area contributed by atoms with Gasteiger partial charge in [0.15, 0.2) is 0 Å². The third kappa shape index (κ3) is 29.9. The molecule has 0 spiro atoms. The molecular formula is H6Cl2NaO2. The molecule has 0 aliphatic heterocycles. The molecular weight excluding hydrogens is 126 g/mol. The van der Waals surface area contributed by atoms with E-state index >= 15 is 0 Å². The molecule has 0 bridgehead atoms. The molecule has 1 radical (unpaired) electrons. The molecule has 2 nitrogen and oxygen atoms in total. The molecule has 0 rings (SSSR count). The summed E-state index contributed by atoms with van der Waals surface area (Å²) in [5.74, 6) is 0. The third-order valence-corrected chi connectivity index (χ3v) is 0. The minimum atomic E-state index is 0. The number of hydrogen-bond acceptors (Lipinski definition) is 0. The van der Waals surface area contributed by atoms with Gasteiger partial charge in [-0.15, -0.1) is 24.8 Å². The molecule has 33 valence electrons. The SMILES string of the molecule is Cl.Cl.O.O.[Na]. The maximum Gasteiger partial charge on any atom is 0 e. The van der Waals surface area contributed by atoms with E-state index in [-0.39, 0.29) is 65.3 Å². The van der Waals surface area contributed by atoms with Crippen molar-refractivity contribution in [3.8, 4) is 0 Å². The van der Waals surface area contributed by atoms with Crippen molar-refractivity contribution >= 4 is 54.4 Å². The number of hydrogen-bond donors (Lipinski definition) is 0. The smallest absolute Gasteiger partial charge is 0 e. The Kier molecular flexibility index (Phi) is 865. The fraction of sp³-hybridized carbons (Fsp3) is 0. The summed E-state index contributed by atoms with van der Waals surface area (Å²) in [5, 5.41) is 0. The number of rotatable bonds is 0. The first-order valence-electron chi connectivity index (χ1n) is 0. The van der Waals surface area contributed by atoms with Gasteiger partial charge in [-0.1, -0.05) is 0 Å². The van der Waals surface area contributed by atoms with Crippen molar-refractivity contribution in [3.63, 3.8) is 0 Å². The second kappa shape index (κ2) is 49.5. The van der Waals surface area contributed by atoms with Gasteiger partial charge in [-0.3, -0.25) is 0 Å². The van der Waals surface area contributed by atoms with E-state index in [4.69, 9.17) is 0 Å². The van der Waals surface area contributed by atoms with Gasteiger partial charge in [0.2, 0.25) is 0 Å². The summed E-state index contributed by atoms with van der Waals surface area (Å²) in [6.07, 6.45) is 0. The maximum atomic E-state index is 0. The van der Waals surface area contributed by atoms with E-state index in [1.54, 1.807) is 0 Å². The molecule has 0 heterocycles. The summed E-state index contributed by atoms with van der Waals surface area (Å²) in [4.78, 5) is 0. The Morgan fingerprint density at radius 2 is 0.600 bits per heavy atom. The summed E-state index contributed by atoms with van der Waals surface area (Å²) in [7, 11) is 0. The van der Waals surface area contributed by atoms with Gasteiger partial charge in [0.1, 0.15) is 0 Å². The Bertz CT molecular complexity index is 7.61. The van der Waals surface area contributed by atoms with Crippen LogP contribution >= 0.6 is 24.8 Å². The first kappa shape index (κ1) is 87.4. The largest absolute Gasteiger partial charge is 0.412 e. The zero-order valence-electron chi connectivity index (χ0n) is 2.82. The molecule has 0 aromatic carbocycles. The first-order valence-corrected chi connectivity index (χ1v) is 0. The normalized spacial score (nSPS) is 0. The fourth-order valence-electron chi connectivity index (χ4n) is 0. The van der Waals surface area contributed by atoms with Crippen LogP contribution in [0.15, 0.2) is 0 Å². The molecule has 0 unspecified atom stereocenters. The van der Waals surface area contributed by atoms with E-state index < -0.39 is 0 Å². The van der Waals surface area contributed by atoms with Crippen LogP contribution in [-0.4, -0.2) is 40.5 Å². The van der Waals surface area contributed by atoms with E-state index in [0.717, 1.165) is 0 Å². The second-order valence-electron chi connectivity index (χ2n) is 0. The Morgan fingerprint density at radius 1 is 0.600 bits per heavy atom. The molecule has 0 atom stereocenters. The molecule has 0 fully saturated rings. The summed E-state index contributed by atoms with van der Waals surface area (Å²) in [6, 6.07) is 0. The molecule has 0 amide bonds. The Labute approximate surface area is 65.0 Å². The van der Waals surface area contributed by atoms with E-state index in [1.165, 1.54) is 0 Å². The molecule has 0 aliphatic carbocycles. The van der Waals surface area contributed by atoms with Crippen molar-refractivity contribution in [2.45, 2.75) is 0 Å². The second-order valence-corrected chi connectivity index (χ2v) is 0. The van der Waals surface area contributed by atoms with E-state index in [2.05, 4.69) is 0 Å². The van der Waals surface area contributed by atoms with Gasteiger partial charge in [-0.25, -0.2) is 0 Å². The van der Waals surface area contributed by atoms with Crippen molar-refractivity contribution in [1.29, 1.82) is 0 Å². The number of halogens is 2. The molecule has 5 heteroatoms. The van der Waals surface area contributed by atoms with Crippen LogP contribution in [0.3, 0.4) is 0 Å². The van der Waals surface area contributed by atoms with E-state index in [0.29, 0.717) is 0 Å². The van der Waals surface area contributed by atoms with Crippen LogP contribution in [0.4, 0.5) is 0 Å². The summed E-state index contributed by atoms with van der Waals surface area (Å²) in [6.45, 7) is 0. The van der Waals surface area contributed by atoms with Crippen molar-refractivity contribution in [2.75, 3.05) is 0 Å². The van der Waals surface area contributed by atoms with Crippen LogP contribution in [0, 0.1) is 0 Å². The molecule has 4 N–H and O–H groups in total. The average molecular weight is 132 g/mol. The van der Waals surface area contributed by atoms with Gasteiger partial charge >= 0.3 is 0 Å². The summed E-state index contributed by atoms with van der Waals surface area (Å²) >= 11 is 0. The monoisotopic (exact) mass is 131 g/mol. The third-order valence-electron chi connectivity index (χ3n) is 0. The first-order chi connectivity index (χ1) is 0. The van der Waals surface area contributed by atoms with E-state index in [9.17, 15) is 0 Å². The Balaban J connectivity index is 0. The van der Waals surface area contributed by atoms with Crippen LogP contribution in [0.25, 0.3) is 0 Å². The van der Waals surface area contributed by atoms with Gasteiger partial charge in [0, 0.05) is 29.6 Å². The standard InChI is InChI=1S/2ClH.Na.2H2O/h2*1H;;2*1H2. The van der Waals surface area contributed by atoms with Crippen LogP contribution in [0.2, 0.25) is 0 Å². The van der Waals surface area contributed by atoms with Crippen LogP contribution < -0.4 is 0 Å². The van der Waals surface area contributed by atoms with Gasteiger partial charge in [0.05, 0.1) is 0 Å². The average Bonchev–Trinajstić information content (AvgIpc) is 0. The maximum absolute atomic E-state index is 0. The Morgan fingerprint density at radius 3 is 0.600 bits per heavy atom. The molecule has 0 aromatic heterocycles. The molecule has 5 heavy (non-hydrogen) atoms. The Hall–Kier alpha value is 1.50. The molecule has 0 saturated heterocycles. The molecule has 0 aliphatic rings. The van der Waals surface area contributed by atoms with Crippen molar-refractivity contribution < 1.29 is 11.0 Å². The van der Waals surface area contributed by atoms with Gasteiger partial charge < -0.3 is 11.0 Å². The fourth-order valence-corrected chi connectivity index (χ4v) is 0.